The van der Waals surface area contributed by atoms with Crippen LogP contribution in [0.4, 0.5) is 5.69 Å². The number of furan rings is 1. The van der Waals surface area contributed by atoms with Crippen LogP contribution in [0.1, 0.15) is 5.76 Å². The van der Waals surface area contributed by atoms with E-state index in [-0.39, 0.29) is 11.2 Å². The number of thiazole rings is 1. The molecule has 5 aromatic rings. The van der Waals surface area contributed by atoms with Gasteiger partial charge in [0.25, 0.3) is 11.2 Å². The van der Waals surface area contributed by atoms with E-state index in [0.29, 0.717) is 43.5 Å². The highest BCUT2D eigenvalue weighted by molar-refractivity contribution is 9.10. The lowest BCUT2D eigenvalue weighted by Gasteiger charge is -2.05. The summed E-state index contributed by atoms with van der Waals surface area (Å²) in [5, 5.41) is 11.1. The lowest BCUT2D eigenvalue weighted by Crippen LogP contribution is -2.22. The third-order valence-corrected chi connectivity index (χ3v) is 6.01. The van der Waals surface area contributed by atoms with Crippen LogP contribution in [0, 0.1) is 10.1 Å². The second kappa shape index (κ2) is 7.29. The average molecular weight is 499 g/mol. The first-order valence-corrected chi connectivity index (χ1v) is 10.5. The minimum atomic E-state index is -0.485. The Balaban J connectivity index is 1.60. The summed E-state index contributed by atoms with van der Waals surface area (Å²) < 4.78 is 13.8. The minimum absolute atomic E-state index is 0.0786. The van der Waals surface area contributed by atoms with Crippen molar-refractivity contribution in [3.05, 3.63) is 77.8 Å². The Kier molecular flexibility index (Phi) is 4.56. The highest BCUT2D eigenvalue weighted by atomic mass is 79.9. The zero-order chi connectivity index (χ0) is 21.7. The Morgan fingerprint density at radius 2 is 2.13 bits per heavy atom. The lowest BCUT2D eigenvalue weighted by atomic mass is 10.1. The minimum Gasteiger partial charge on any atom is -0.496 e. The Hall–Kier alpha value is -3.57. The van der Waals surface area contributed by atoms with E-state index in [9.17, 15) is 14.9 Å². The molecule has 0 saturated carbocycles. The number of rotatable bonds is 4. The number of benzene rings is 1. The summed E-state index contributed by atoms with van der Waals surface area (Å²) >= 11 is 4.57. The van der Waals surface area contributed by atoms with E-state index in [1.165, 1.54) is 41.0 Å². The third kappa shape index (κ3) is 3.27. The summed E-state index contributed by atoms with van der Waals surface area (Å²) in [5.41, 5.74) is 1.23. The molecule has 4 aromatic heterocycles. The molecule has 0 N–H and O–H groups in total. The van der Waals surface area contributed by atoms with Crippen LogP contribution < -0.4 is 14.8 Å². The molecule has 0 aliphatic carbocycles. The van der Waals surface area contributed by atoms with Crippen molar-refractivity contribution in [1.82, 2.24) is 14.4 Å². The van der Waals surface area contributed by atoms with Crippen molar-refractivity contribution < 1.29 is 14.1 Å². The van der Waals surface area contributed by atoms with Crippen LogP contribution in [-0.2, 0) is 0 Å². The van der Waals surface area contributed by atoms with Crippen molar-refractivity contribution in [1.29, 1.82) is 0 Å². The number of nitro benzene ring substituents is 1. The fourth-order valence-electron chi connectivity index (χ4n) is 3.22. The van der Waals surface area contributed by atoms with Crippen molar-refractivity contribution in [3.8, 4) is 17.1 Å². The van der Waals surface area contributed by atoms with Gasteiger partial charge in [-0.05, 0) is 40.2 Å². The number of nitrogens with zero attached hydrogens (tertiary/aromatic N) is 4. The van der Waals surface area contributed by atoms with E-state index in [4.69, 9.17) is 9.15 Å². The monoisotopic (exact) mass is 498 g/mol. The Morgan fingerprint density at radius 3 is 2.90 bits per heavy atom. The van der Waals surface area contributed by atoms with Crippen LogP contribution in [0.15, 0.2) is 56.3 Å². The molecule has 5 rings (SSSR count). The summed E-state index contributed by atoms with van der Waals surface area (Å²) in [5.74, 6) is 1.25. The van der Waals surface area contributed by atoms with Crippen molar-refractivity contribution in [2.75, 3.05) is 7.11 Å². The van der Waals surface area contributed by atoms with Crippen LogP contribution in [0.5, 0.6) is 5.75 Å². The van der Waals surface area contributed by atoms with Gasteiger partial charge in [0.2, 0.25) is 0 Å². The molecule has 11 heteroatoms. The van der Waals surface area contributed by atoms with Gasteiger partial charge in [0, 0.05) is 28.9 Å². The molecule has 0 fully saturated rings. The van der Waals surface area contributed by atoms with E-state index in [2.05, 4.69) is 25.9 Å². The summed E-state index contributed by atoms with van der Waals surface area (Å²) in [7, 11) is 1.47. The number of nitro groups is 1. The van der Waals surface area contributed by atoms with Crippen molar-refractivity contribution >= 4 is 55.2 Å². The third-order valence-electron chi connectivity index (χ3n) is 4.61. The van der Waals surface area contributed by atoms with E-state index in [1.807, 2.05) is 0 Å². The quantitative estimate of drug-likeness (QED) is 0.273. The molecule has 0 radical (unpaired) electrons. The fourth-order valence-corrected chi connectivity index (χ4v) is 4.50. The van der Waals surface area contributed by atoms with Gasteiger partial charge >= 0.3 is 0 Å². The molecule has 9 nitrogen and oxygen atoms in total. The van der Waals surface area contributed by atoms with Gasteiger partial charge in [-0.25, -0.2) is 14.4 Å². The highest BCUT2D eigenvalue weighted by Gasteiger charge is 2.16. The van der Waals surface area contributed by atoms with Crippen LogP contribution in [0.2, 0.25) is 0 Å². The van der Waals surface area contributed by atoms with Crippen LogP contribution in [-0.4, -0.2) is 26.4 Å². The van der Waals surface area contributed by atoms with E-state index < -0.39 is 4.92 Å². The standard InChI is InChI=1S/C20H11BrN4O5S/c1-29-15-4-2-11(25(27)28)7-13(15)16-5-3-12(30-16)8-17-19(26)24-18-14(23-20(24)31-17)6-10(21)9-22-18/h2-9H,1H3. The smallest absolute Gasteiger partial charge is 0.276 e. The maximum absolute atomic E-state index is 12.9. The van der Waals surface area contributed by atoms with Gasteiger partial charge < -0.3 is 9.15 Å². The highest BCUT2D eigenvalue weighted by Crippen LogP contribution is 2.34. The second-order valence-corrected chi connectivity index (χ2v) is 8.41. The summed E-state index contributed by atoms with van der Waals surface area (Å²) in [4.78, 5) is 32.8. The molecule has 0 aliphatic heterocycles. The number of fused-ring (bicyclic) bond motifs is 3. The van der Waals surface area contributed by atoms with Gasteiger partial charge in [-0.3, -0.25) is 14.9 Å². The zero-order valence-electron chi connectivity index (χ0n) is 15.7. The molecule has 0 atom stereocenters. The fraction of sp³-hybridized carbons (Fsp3) is 0.0500. The number of hydrogen-bond acceptors (Lipinski definition) is 8. The Morgan fingerprint density at radius 1 is 1.29 bits per heavy atom. The number of imidazole rings is 1. The van der Waals surface area contributed by atoms with Crippen LogP contribution in [0.3, 0.4) is 0 Å². The first-order valence-electron chi connectivity index (χ1n) is 8.85. The number of ether oxygens (including phenoxy) is 1. The molecular weight excluding hydrogens is 488 g/mol. The van der Waals surface area contributed by atoms with Gasteiger partial charge in [-0.2, -0.15) is 0 Å². The molecule has 0 aliphatic rings. The van der Waals surface area contributed by atoms with Crippen LogP contribution >= 0.6 is 27.3 Å². The van der Waals surface area contributed by atoms with E-state index >= 15 is 0 Å². The molecular formula is C20H11BrN4O5S. The summed E-state index contributed by atoms with van der Waals surface area (Å²) in [6, 6.07) is 9.42. The first kappa shape index (κ1) is 19.4. The van der Waals surface area contributed by atoms with Crippen molar-refractivity contribution in [2.24, 2.45) is 0 Å². The Labute approximate surface area is 185 Å². The molecule has 0 amide bonds. The lowest BCUT2D eigenvalue weighted by molar-refractivity contribution is -0.384. The van der Waals surface area contributed by atoms with Crippen LogP contribution in [0.25, 0.3) is 33.5 Å². The maximum atomic E-state index is 12.9. The number of aromatic nitrogens is 3. The Bertz CT molecular complexity index is 1600. The van der Waals surface area contributed by atoms with Gasteiger partial charge in [-0.1, -0.05) is 11.3 Å². The molecule has 0 bridgehead atoms. The number of methoxy groups -OCH3 is 1. The molecule has 154 valence electrons. The molecule has 0 saturated heterocycles. The number of hydrogen-bond donors (Lipinski definition) is 0. The maximum Gasteiger partial charge on any atom is 0.276 e. The first-order chi connectivity index (χ1) is 14.9. The topological polar surface area (TPSA) is 113 Å². The molecule has 0 spiro atoms. The van der Waals surface area contributed by atoms with E-state index in [1.54, 1.807) is 30.5 Å². The average Bonchev–Trinajstić information content (AvgIpc) is 3.43. The SMILES string of the molecule is COc1ccc([N+](=O)[O-])cc1-c1ccc(C=c2sc3nc4cc(Br)cnc4n3c2=O)o1. The van der Waals surface area contributed by atoms with Gasteiger partial charge in [0.1, 0.15) is 27.3 Å². The molecule has 0 unspecified atom stereocenters. The second-order valence-electron chi connectivity index (χ2n) is 6.49. The largest absolute Gasteiger partial charge is 0.496 e. The van der Waals surface area contributed by atoms with Gasteiger partial charge in [-0.15, -0.1) is 0 Å². The van der Waals surface area contributed by atoms with Gasteiger partial charge in [0.15, 0.2) is 10.6 Å². The molecule has 4 heterocycles. The summed E-state index contributed by atoms with van der Waals surface area (Å²) in [6.45, 7) is 0. The normalized spacial score (nSPS) is 12.1. The van der Waals surface area contributed by atoms with Crippen molar-refractivity contribution in [2.45, 2.75) is 0 Å². The molecule has 1 aromatic carbocycles. The predicted octanol–water partition coefficient (Wildman–Crippen LogP) is 3.79. The number of non-ortho nitro benzene ring substituents is 1. The summed E-state index contributed by atoms with van der Waals surface area (Å²) in [6.07, 6.45) is 3.22. The predicted molar refractivity (Wildman–Crippen MR) is 118 cm³/mol. The van der Waals surface area contributed by atoms with Gasteiger partial charge in [0.05, 0.1) is 17.6 Å². The van der Waals surface area contributed by atoms with E-state index in [0.717, 1.165) is 4.47 Å². The zero-order valence-corrected chi connectivity index (χ0v) is 18.1. The number of pyridine rings is 1. The van der Waals surface area contributed by atoms with Crippen molar-refractivity contribution in [3.63, 3.8) is 0 Å². The molecule has 31 heavy (non-hydrogen) atoms. The number of halogens is 1.